The minimum atomic E-state index is 0.369. The molecular weight excluding hydrogens is 208 g/mol. The Morgan fingerprint density at radius 1 is 1.29 bits per heavy atom. The lowest BCUT2D eigenvalue weighted by Gasteiger charge is -2.49. The van der Waals surface area contributed by atoms with Crippen molar-refractivity contribution in [1.29, 1.82) is 0 Å². The van der Waals surface area contributed by atoms with Gasteiger partial charge in [0.25, 0.3) is 0 Å². The zero-order valence-electron chi connectivity index (χ0n) is 12.7. The lowest BCUT2D eigenvalue weighted by molar-refractivity contribution is 0.0224. The van der Waals surface area contributed by atoms with Crippen LogP contribution in [-0.4, -0.2) is 36.1 Å². The van der Waals surface area contributed by atoms with Gasteiger partial charge in [-0.25, -0.2) is 0 Å². The molecule has 0 spiro atoms. The van der Waals surface area contributed by atoms with Gasteiger partial charge in [0.2, 0.25) is 0 Å². The summed E-state index contributed by atoms with van der Waals surface area (Å²) in [5.74, 6) is 0. The molecule has 3 atom stereocenters. The number of nitrogens with one attached hydrogen (secondary N) is 1. The molecule has 0 amide bonds. The van der Waals surface area contributed by atoms with Crippen molar-refractivity contribution in [1.82, 2.24) is 10.2 Å². The molecule has 0 radical (unpaired) electrons. The van der Waals surface area contributed by atoms with Gasteiger partial charge >= 0.3 is 0 Å². The molecule has 3 unspecified atom stereocenters. The topological polar surface area (TPSA) is 15.3 Å². The molecular formula is C15H32N2. The normalized spacial score (nSPS) is 29.3. The fraction of sp³-hybridized carbons (Fsp3) is 1.00. The maximum absolute atomic E-state index is 3.71. The Morgan fingerprint density at radius 2 is 1.94 bits per heavy atom. The van der Waals surface area contributed by atoms with Crippen molar-refractivity contribution in [3.63, 3.8) is 0 Å². The fourth-order valence-electron chi connectivity index (χ4n) is 2.99. The molecule has 2 heteroatoms. The zero-order chi connectivity index (χ0) is 13.1. The van der Waals surface area contributed by atoms with Crippen molar-refractivity contribution in [3.05, 3.63) is 0 Å². The van der Waals surface area contributed by atoms with Crippen LogP contribution in [0.3, 0.4) is 0 Å². The van der Waals surface area contributed by atoms with Crippen molar-refractivity contribution in [3.8, 4) is 0 Å². The molecule has 1 fully saturated rings. The van der Waals surface area contributed by atoms with Gasteiger partial charge in [0.1, 0.15) is 0 Å². The molecule has 0 aromatic heterocycles. The highest BCUT2D eigenvalue weighted by atomic mass is 15.3. The van der Waals surface area contributed by atoms with Gasteiger partial charge in [-0.2, -0.15) is 0 Å². The Morgan fingerprint density at radius 3 is 2.41 bits per heavy atom. The van der Waals surface area contributed by atoms with Crippen LogP contribution < -0.4 is 5.32 Å². The van der Waals surface area contributed by atoms with E-state index in [9.17, 15) is 0 Å². The minimum absolute atomic E-state index is 0.369. The Bertz CT molecular complexity index is 219. The van der Waals surface area contributed by atoms with Gasteiger partial charge in [-0.15, -0.1) is 0 Å². The Hall–Kier alpha value is -0.0800. The summed E-state index contributed by atoms with van der Waals surface area (Å²) < 4.78 is 0. The molecule has 2 nitrogen and oxygen atoms in total. The van der Waals surface area contributed by atoms with E-state index in [0.29, 0.717) is 17.5 Å². The molecule has 1 heterocycles. The van der Waals surface area contributed by atoms with Gasteiger partial charge in [-0.05, 0) is 25.2 Å². The first-order valence-corrected chi connectivity index (χ1v) is 7.39. The summed E-state index contributed by atoms with van der Waals surface area (Å²) in [6.45, 7) is 16.5. The van der Waals surface area contributed by atoms with Gasteiger partial charge in [0.15, 0.2) is 0 Å². The van der Waals surface area contributed by atoms with Crippen LogP contribution in [0.1, 0.15) is 60.8 Å². The third-order valence-corrected chi connectivity index (χ3v) is 4.20. The molecule has 1 aliphatic rings. The van der Waals surface area contributed by atoms with Crippen LogP contribution in [0.4, 0.5) is 0 Å². The molecule has 0 saturated carbocycles. The Kier molecular flexibility index (Phi) is 5.46. The predicted molar refractivity (Wildman–Crippen MR) is 76.4 cm³/mol. The van der Waals surface area contributed by atoms with Crippen LogP contribution in [0.5, 0.6) is 0 Å². The Labute approximate surface area is 108 Å². The second-order valence-corrected chi connectivity index (χ2v) is 6.73. The van der Waals surface area contributed by atoms with Crippen LogP contribution in [0, 0.1) is 5.41 Å². The molecule has 1 N–H and O–H groups in total. The summed E-state index contributed by atoms with van der Waals surface area (Å²) in [4.78, 5) is 2.76. The second kappa shape index (κ2) is 6.19. The van der Waals surface area contributed by atoms with Crippen LogP contribution in [0.2, 0.25) is 0 Å². The Balaban J connectivity index is 2.74. The van der Waals surface area contributed by atoms with E-state index in [-0.39, 0.29) is 0 Å². The van der Waals surface area contributed by atoms with Gasteiger partial charge < -0.3 is 5.32 Å². The standard InChI is InChI=1S/C15H32N2/c1-7-9-12(3)17-11-13(8-2)16-10-14(17)15(4,5)6/h12-14,16H,7-11H2,1-6H3. The fourth-order valence-corrected chi connectivity index (χ4v) is 2.99. The van der Waals surface area contributed by atoms with Crippen LogP contribution >= 0.6 is 0 Å². The molecule has 1 rings (SSSR count). The average Bonchev–Trinajstić information content (AvgIpc) is 2.27. The van der Waals surface area contributed by atoms with E-state index in [1.807, 2.05) is 0 Å². The lowest BCUT2D eigenvalue weighted by Crippen LogP contribution is -2.62. The highest BCUT2D eigenvalue weighted by molar-refractivity contribution is 4.93. The van der Waals surface area contributed by atoms with Gasteiger partial charge in [-0.3, -0.25) is 4.90 Å². The molecule has 0 aromatic carbocycles. The van der Waals surface area contributed by atoms with Crippen molar-refractivity contribution in [2.24, 2.45) is 5.41 Å². The first kappa shape index (κ1) is 15.0. The highest BCUT2D eigenvalue weighted by Gasteiger charge is 2.36. The number of piperazine rings is 1. The summed E-state index contributed by atoms with van der Waals surface area (Å²) in [7, 11) is 0. The van der Waals surface area contributed by atoms with Crippen molar-refractivity contribution in [2.75, 3.05) is 13.1 Å². The third kappa shape index (κ3) is 3.96. The van der Waals surface area contributed by atoms with Gasteiger partial charge in [-0.1, -0.05) is 41.0 Å². The SMILES string of the molecule is CCCC(C)N1CC(CC)NCC1C(C)(C)C. The maximum atomic E-state index is 3.71. The van der Waals surface area contributed by atoms with Gasteiger partial charge in [0.05, 0.1) is 0 Å². The third-order valence-electron chi connectivity index (χ3n) is 4.20. The number of hydrogen-bond acceptors (Lipinski definition) is 2. The molecule has 1 aliphatic heterocycles. The van der Waals surface area contributed by atoms with Gasteiger partial charge in [0, 0.05) is 31.2 Å². The molecule has 102 valence electrons. The van der Waals surface area contributed by atoms with E-state index >= 15 is 0 Å². The predicted octanol–water partition coefficient (Wildman–Crippen LogP) is 3.27. The second-order valence-electron chi connectivity index (χ2n) is 6.73. The van der Waals surface area contributed by atoms with Crippen molar-refractivity contribution >= 4 is 0 Å². The largest absolute Gasteiger partial charge is 0.311 e. The van der Waals surface area contributed by atoms with E-state index in [4.69, 9.17) is 0 Å². The number of hydrogen-bond donors (Lipinski definition) is 1. The van der Waals surface area contributed by atoms with E-state index in [2.05, 4.69) is 51.8 Å². The summed E-state index contributed by atoms with van der Waals surface area (Å²) in [5.41, 5.74) is 0.369. The zero-order valence-corrected chi connectivity index (χ0v) is 12.7. The molecule has 1 saturated heterocycles. The lowest BCUT2D eigenvalue weighted by atomic mass is 9.82. The van der Waals surface area contributed by atoms with Crippen LogP contribution in [0.25, 0.3) is 0 Å². The monoisotopic (exact) mass is 240 g/mol. The van der Waals surface area contributed by atoms with E-state index in [0.717, 1.165) is 12.6 Å². The van der Waals surface area contributed by atoms with Crippen LogP contribution in [-0.2, 0) is 0 Å². The summed E-state index contributed by atoms with van der Waals surface area (Å²) in [6.07, 6.45) is 3.86. The van der Waals surface area contributed by atoms with E-state index in [1.165, 1.54) is 25.8 Å². The van der Waals surface area contributed by atoms with E-state index in [1.54, 1.807) is 0 Å². The highest BCUT2D eigenvalue weighted by Crippen LogP contribution is 2.29. The minimum Gasteiger partial charge on any atom is -0.311 e. The maximum Gasteiger partial charge on any atom is 0.0272 e. The number of nitrogens with zero attached hydrogens (tertiary/aromatic N) is 1. The first-order chi connectivity index (χ1) is 7.90. The summed E-state index contributed by atoms with van der Waals surface area (Å²) >= 11 is 0. The molecule has 0 aromatic rings. The average molecular weight is 240 g/mol. The van der Waals surface area contributed by atoms with E-state index < -0.39 is 0 Å². The molecule has 0 aliphatic carbocycles. The van der Waals surface area contributed by atoms with Crippen molar-refractivity contribution < 1.29 is 0 Å². The summed E-state index contributed by atoms with van der Waals surface area (Å²) in [5, 5.41) is 3.71. The molecule has 17 heavy (non-hydrogen) atoms. The number of rotatable bonds is 4. The quantitative estimate of drug-likeness (QED) is 0.811. The first-order valence-electron chi connectivity index (χ1n) is 7.39. The summed E-state index contributed by atoms with van der Waals surface area (Å²) in [6, 6.07) is 2.08. The smallest absolute Gasteiger partial charge is 0.0272 e. The van der Waals surface area contributed by atoms with Crippen LogP contribution in [0.15, 0.2) is 0 Å². The van der Waals surface area contributed by atoms with Crippen molar-refractivity contribution in [2.45, 2.75) is 78.9 Å². The molecule has 0 bridgehead atoms.